The standard InChI is InChI=1S/C20H22F2N2O3/c1-14-4-2-3-5-17(14)19(26)24-13-11-18(25)23-12-10-15-6-8-16(9-7-15)27-20(21)22/h2-9,20H,10-13H2,1H3,(H,23,25)(H,24,26). The number of ether oxygens (including phenoxy) is 1. The van der Waals surface area contributed by atoms with Crippen molar-refractivity contribution in [3.8, 4) is 5.75 Å². The first-order chi connectivity index (χ1) is 13.0. The van der Waals surface area contributed by atoms with Gasteiger partial charge in [0, 0.05) is 25.1 Å². The van der Waals surface area contributed by atoms with Gasteiger partial charge in [0.05, 0.1) is 0 Å². The van der Waals surface area contributed by atoms with Crippen molar-refractivity contribution in [2.24, 2.45) is 0 Å². The van der Waals surface area contributed by atoms with E-state index in [1.54, 1.807) is 24.3 Å². The van der Waals surface area contributed by atoms with Crippen molar-refractivity contribution in [2.45, 2.75) is 26.4 Å². The van der Waals surface area contributed by atoms with Crippen molar-refractivity contribution in [3.63, 3.8) is 0 Å². The van der Waals surface area contributed by atoms with Crippen LogP contribution in [0.25, 0.3) is 0 Å². The predicted molar refractivity (Wildman–Crippen MR) is 97.9 cm³/mol. The normalized spacial score (nSPS) is 10.5. The molecule has 2 aromatic rings. The molecule has 0 saturated carbocycles. The van der Waals surface area contributed by atoms with Gasteiger partial charge in [-0.05, 0) is 42.7 Å². The first-order valence-electron chi connectivity index (χ1n) is 8.60. The number of carbonyl (C=O) groups is 2. The predicted octanol–water partition coefficient (Wildman–Crippen LogP) is 3.08. The smallest absolute Gasteiger partial charge is 0.387 e. The Morgan fingerprint density at radius 2 is 1.70 bits per heavy atom. The van der Waals surface area contributed by atoms with Crippen LogP contribution in [-0.2, 0) is 11.2 Å². The van der Waals surface area contributed by atoms with E-state index in [2.05, 4.69) is 15.4 Å². The largest absolute Gasteiger partial charge is 0.435 e. The maximum atomic E-state index is 12.1. The summed E-state index contributed by atoms with van der Waals surface area (Å²) in [5.41, 5.74) is 2.37. The van der Waals surface area contributed by atoms with Crippen LogP contribution in [0.2, 0.25) is 0 Å². The Kier molecular flexibility index (Phi) is 7.73. The maximum Gasteiger partial charge on any atom is 0.387 e. The fourth-order valence-corrected chi connectivity index (χ4v) is 2.48. The molecule has 0 aliphatic rings. The van der Waals surface area contributed by atoms with Crippen molar-refractivity contribution in [1.82, 2.24) is 10.6 Å². The molecule has 0 saturated heterocycles. The summed E-state index contributed by atoms with van der Waals surface area (Å²) >= 11 is 0. The second-order valence-corrected chi connectivity index (χ2v) is 5.94. The van der Waals surface area contributed by atoms with Gasteiger partial charge in [0.1, 0.15) is 5.75 Å². The van der Waals surface area contributed by atoms with Crippen LogP contribution in [0.15, 0.2) is 48.5 Å². The van der Waals surface area contributed by atoms with Crippen molar-refractivity contribution in [3.05, 3.63) is 65.2 Å². The van der Waals surface area contributed by atoms with Crippen molar-refractivity contribution in [1.29, 1.82) is 0 Å². The lowest BCUT2D eigenvalue weighted by molar-refractivity contribution is -0.120. The van der Waals surface area contributed by atoms with Crippen LogP contribution in [0.4, 0.5) is 8.78 Å². The fraction of sp³-hybridized carbons (Fsp3) is 0.300. The fourth-order valence-electron chi connectivity index (χ4n) is 2.48. The Hall–Kier alpha value is -2.96. The molecule has 0 unspecified atom stereocenters. The van der Waals surface area contributed by atoms with Gasteiger partial charge in [-0.15, -0.1) is 0 Å². The Morgan fingerprint density at radius 3 is 2.37 bits per heavy atom. The van der Waals surface area contributed by atoms with E-state index in [-0.39, 0.29) is 30.5 Å². The first kappa shape index (κ1) is 20.4. The maximum absolute atomic E-state index is 12.1. The Morgan fingerprint density at radius 1 is 1.00 bits per heavy atom. The Balaban J connectivity index is 1.65. The van der Waals surface area contributed by atoms with Crippen molar-refractivity contribution >= 4 is 11.8 Å². The third-order valence-electron chi connectivity index (χ3n) is 3.91. The number of benzene rings is 2. The molecule has 0 radical (unpaired) electrons. The molecule has 5 nitrogen and oxygen atoms in total. The number of aryl methyl sites for hydroxylation is 1. The van der Waals surface area contributed by atoms with Gasteiger partial charge in [-0.3, -0.25) is 9.59 Å². The van der Waals surface area contributed by atoms with E-state index in [1.165, 1.54) is 12.1 Å². The lowest BCUT2D eigenvalue weighted by Gasteiger charge is -2.09. The third kappa shape index (κ3) is 7.05. The van der Waals surface area contributed by atoms with E-state index in [9.17, 15) is 18.4 Å². The van der Waals surface area contributed by atoms with Gasteiger partial charge in [-0.1, -0.05) is 30.3 Å². The number of rotatable bonds is 9. The van der Waals surface area contributed by atoms with Gasteiger partial charge in [0.2, 0.25) is 5.91 Å². The highest BCUT2D eigenvalue weighted by Crippen LogP contribution is 2.15. The van der Waals surface area contributed by atoms with Crippen LogP contribution < -0.4 is 15.4 Å². The average molecular weight is 376 g/mol. The van der Waals surface area contributed by atoms with Gasteiger partial charge in [0.25, 0.3) is 5.91 Å². The summed E-state index contributed by atoms with van der Waals surface area (Å²) in [5, 5.41) is 5.49. The van der Waals surface area contributed by atoms with Gasteiger partial charge in [0.15, 0.2) is 0 Å². The van der Waals surface area contributed by atoms with Gasteiger partial charge in [-0.2, -0.15) is 8.78 Å². The summed E-state index contributed by atoms with van der Waals surface area (Å²) < 4.78 is 28.4. The first-order valence-corrected chi connectivity index (χ1v) is 8.60. The third-order valence-corrected chi connectivity index (χ3v) is 3.91. The zero-order chi connectivity index (χ0) is 19.6. The van der Waals surface area contributed by atoms with Crippen LogP contribution in [-0.4, -0.2) is 31.5 Å². The summed E-state index contributed by atoms with van der Waals surface area (Å²) in [7, 11) is 0. The van der Waals surface area contributed by atoms with Gasteiger partial charge < -0.3 is 15.4 Å². The van der Waals surface area contributed by atoms with E-state index < -0.39 is 6.61 Å². The van der Waals surface area contributed by atoms with Crippen LogP contribution in [0.5, 0.6) is 5.75 Å². The summed E-state index contributed by atoms with van der Waals surface area (Å²) in [4.78, 5) is 23.9. The van der Waals surface area contributed by atoms with E-state index >= 15 is 0 Å². The molecule has 0 aliphatic heterocycles. The number of nitrogens with one attached hydrogen (secondary N) is 2. The number of alkyl halides is 2. The minimum absolute atomic E-state index is 0.0992. The molecule has 2 rings (SSSR count). The molecule has 144 valence electrons. The number of amides is 2. The van der Waals surface area contributed by atoms with E-state index in [4.69, 9.17) is 0 Å². The zero-order valence-electron chi connectivity index (χ0n) is 15.0. The van der Waals surface area contributed by atoms with Crippen LogP contribution >= 0.6 is 0 Å². The zero-order valence-corrected chi connectivity index (χ0v) is 15.0. The summed E-state index contributed by atoms with van der Waals surface area (Å²) in [6.45, 7) is -0.326. The monoisotopic (exact) mass is 376 g/mol. The molecular formula is C20H22F2N2O3. The Labute approximate surface area is 156 Å². The molecule has 0 spiro atoms. The second kappa shape index (κ2) is 10.3. The highest BCUT2D eigenvalue weighted by atomic mass is 19.3. The summed E-state index contributed by atoms with van der Waals surface area (Å²) in [5.74, 6) is -0.271. The minimum Gasteiger partial charge on any atom is -0.435 e. The molecule has 27 heavy (non-hydrogen) atoms. The number of halogens is 2. The highest BCUT2D eigenvalue weighted by molar-refractivity contribution is 5.95. The molecule has 0 fully saturated rings. The molecule has 2 aromatic carbocycles. The second-order valence-electron chi connectivity index (χ2n) is 5.94. The number of carbonyl (C=O) groups excluding carboxylic acids is 2. The molecule has 2 amide bonds. The minimum atomic E-state index is -2.85. The van der Waals surface area contributed by atoms with Gasteiger partial charge >= 0.3 is 6.61 Å². The van der Waals surface area contributed by atoms with Crippen LogP contribution in [0.1, 0.15) is 27.9 Å². The topological polar surface area (TPSA) is 67.4 Å². The summed E-state index contributed by atoms with van der Waals surface area (Å²) in [6.07, 6.45) is 0.745. The molecule has 7 heteroatoms. The molecule has 0 aromatic heterocycles. The SMILES string of the molecule is Cc1ccccc1C(=O)NCCC(=O)NCCc1ccc(OC(F)F)cc1. The number of hydrogen-bond acceptors (Lipinski definition) is 3. The van der Waals surface area contributed by atoms with Crippen molar-refractivity contribution in [2.75, 3.05) is 13.1 Å². The van der Waals surface area contributed by atoms with Crippen molar-refractivity contribution < 1.29 is 23.1 Å². The molecular weight excluding hydrogens is 354 g/mol. The molecule has 2 N–H and O–H groups in total. The lowest BCUT2D eigenvalue weighted by Crippen LogP contribution is -2.31. The summed E-state index contributed by atoms with van der Waals surface area (Å²) in [6, 6.07) is 13.5. The van der Waals surface area contributed by atoms with E-state index in [1.807, 2.05) is 19.1 Å². The molecule has 0 bridgehead atoms. The Bertz CT molecular complexity index is 764. The van der Waals surface area contributed by atoms with Gasteiger partial charge in [-0.25, -0.2) is 0 Å². The van der Waals surface area contributed by atoms with E-state index in [0.717, 1.165) is 11.1 Å². The van der Waals surface area contributed by atoms with Crippen LogP contribution in [0, 0.1) is 6.92 Å². The molecule has 0 atom stereocenters. The average Bonchev–Trinajstić information content (AvgIpc) is 2.63. The lowest BCUT2D eigenvalue weighted by atomic mass is 10.1. The van der Waals surface area contributed by atoms with E-state index in [0.29, 0.717) is 18.5 Å². The molecule has 0 heterocycles. The quantitative estimate of drug-likeness (QED) is 0.707. The highest BCUT2D eigenvalue weighted by Gasteiger charge is 2.08. The van der Waals surface area contributed by atoms with Crippen LogP contribution in [0.3, 0.4) is 0 Å². The molecule has 0 aliphatic carbocycles. The number of hydrogen-bond donors (Lipinski definition) is 2.